The number of thioether (sulfide) groups is 1. The molecule has 0 radical (unpaired) electrons. The summed E-state index contributed by atoms with van der Waals surface area (Å²) in [5.74, 6) is 0.896. The zero-order chi connectivity index (χ0) is 9.19. The number of esters is 1. The van der Waals surface area contributed by atoms with Crippen LogP contribution in [0, 0.1) is 0 Å². The molecule has 1 atom stereocenters. The van der Waals surface area contributed by atoms with Gasteiger partial charge >= 0.3 is 5.97 Å². The Morgan fingerprint density at radius 1 is 1.62 bits per heavy atom. The van der Waals surface area contributed by atoms with Crippen LogP contribution in [0.1, 0.15) is 13.8 Å². The molecule has 0 unspecified atom stereocenters. The van der Waals surface area contributed by atoms with Gasteiger partial charge < -0.3 is 10.1 Å². The number of ether oxygens (including phenoxy) is 1. The van der Waals surface area contributed by atoms with Crippen molar-refractivity contribution in [1.29, 1.82) is 0 Å². The lowest BCUT2D eigenvalue weighted by molar-refractivity contribution is -0.143. The molecule has 1 saturated heterocycles. The van der Waals surface area contributed by atoms with Crippen LogP contribution >= 0.6 is 24.2 Å². The fourth-order valence-electron chi connectivity index (χ4n) is 1.33. The Hall–Kier alpha value is 0.0700. The first-order chi connectivity index (χ1) is 5.58. The van der Waals surface area contributed by atoms with E-state index in [2.05, 4.69) is 19.2 Å². The van der Waals surface area contributed by atoms with E-state index >= 15 is 0 Å². The highest BCUT2D eigenvalue weighted by atomic mass is 35.5. The van der Waals surface area contributed by atoms with Gasteiger partial charge in [0.2, 0.25) is 0 Å². The van der Waals surface area contributed by atoms with Crippen LogP contribution < -0.4 is 5.32 Å². The van der Waals surface area contributed by atoms with Gasteiger partial charge in [-0.05, 0) is 13.8 Å². The van der Waals surface area contributed by atoms with Crippen LogP contribution in [0.2, 0.25) is 0 Å². The highest BCUT2D eigenvalue weighted by molar-refractivity contribution is 8.00. The van der Waals surface area contributed by atoms with Crippen molar-refractivity contribution in [1.82, 2.24) is 5.32 Å². The maximum Gasteiger partial charge on any atom is 0.324 e. The molecular formula is C8H16ClNO2S. The molecule has 0 amide bonds. The number of halogens is 1. The SMILES string of the molecule is COC(=O)[C@@H]1NCCSC1(C)C.Cl. The number of hydrogen-bond donors (Lipinski definition) is 1. The summed E-state index contributed by atoms with van der Waals surface area (Å²) in [5, 5.41) is 3.16. The standard InChI is InChI=1S/C8H15NO2S.ClH/c1-8(2)6(7(10)11-3)9-4-5-12-8;/h6,9H,4-5H2,1-3H3;1H/t6-;/m0./s1. The minimum atomic E-state index is -0.166. The van der Waals surface area contributed by atoms with Crippen molar-refractivity contribution in [2.24, 2.45) is 0 Å². The molecule has 0 aliphatic carbocycles. The second kappa shape index (κ2) is 5.08. The molecule has 0 aromatic carbocycles. The number of rotatable bonds is 1. The molecule has 0 spiro atoms. The van der Waals surface area contributed by atoms with Crippen molar-refractivity contribution in [3.8, 4) is 0 Å². The van der Waals surface area contributed by atoms with Gasteiger partial charge in [0, 0.05) is 17.0 Å². The summed E-state index contributed by atoms with van der Waals surface area (Å²) in [5.41, 5.74) is 0. The Bertz CT molecular complexity index is 187. The van der Waals surface area contributed by atoms with Gasteiger partial charge in [-0.1, -0.05) is 0 Å². The predicted molar refractivity (Wildman–Crippen MR) is 57.6 cm³/mol. The normalized spacial score (nSPS) is 25.9. The van der Waals surface area contributed by atoms with Crippen molar-refractivity contribution in [3.63, 3.8) is 0 Å². The molecule has 1 aliphatic heterocycles. The maximum atomic E-state index is 11.3. The van der Waals surface area contributed by atoms with Crippen molar-refractivity contribution < 1.29 is 9.53 Å². The third-order valence-electron chi connectivity index (χ3n) is 2.06. The van der Waals surface area contributed by atoms with E-state index in [0.29, 0.717) is 0 Å². The second-order valence-corrected chi connectivity index (χ2v) is 5.11. The van der Waals surface area contributed by atoms with Gasteiger partial charge in [-0.15, -0.1) is 12.4 Å². The number of carbonyl (C=O) groups is 1. The molecule has 1 aliphatic rings. The Kier molecular flexibility index (Phi) is 5.10. The van der Waals surface area contributed by atoms with Crippen LogP contribution in [0.15, 0.2) is 0 Å². The van der Waals surface area contributed by atoms with Gasteiger partial charge in [0.15, 0.2) is 0 Å². The van der Waals surface area contributed by atoms with Crippen LogP contribution in [-0.2, 0) is 9.53 Å². The van der Waals surface area contributed by atoms with Crippen molar-refractivity contribution in [2.75, 3.05) is 19.4 Å². The summed E-state index contributed by atoms with van der Waals surface area (Å²) in [7, 11) is 1.43. The van der Waals surface area contributed by atoms with Crippen LogP contribution in [0.3, 0.4) is 0 Å². The van der Waals surface area contributed by atoms with Gasteiger partial charge in [0.05, 0.1) is 7.11 Å². The van der Waals surface area contributed by atoms with E-state index in [4.69, 9.17) is 4.74 Å². The summed E-state index contributed by atoms with van der Waals surface area (Å²) in [6.07, 6.45) is 0. The van der Waals surface area contributed by atoms with Gasteiger partial charge in [0.1, 0.15) is 6.04 Å². The molecule has 0 aromatic heterocycles. The first kappa shape index (κ1) is 13.1. The molecule has 13 heavy (non-hydrogen) atoms. The Balaban J connectivity index is 0.00000144. The van der Waals surface area contributed by atoms with Crippen molar-refractivity contribution in [3.05, 3.63) is 0 Å². The smallest absolute Gasteiger partial charge is 0.324 e. The summed E-state index contributed by atoms with van der Waals surface area (Å²) in [6.45, 7) is 5.00. The van der Waals surface area contributed by atoms with Crippen LogP contribution in [0.25, 0.3) is 0 Å². The van der Waals surface area contributed by atoms with Crippen molar-refractivity contribution in [2.45, 2.75) is 24.6 Å². The number of carbonyl (C=O) groups excluding carboxylic acids is 1. The van der Waals surface area contributed by atoms with Crippen LogP contribution in [0.5, 0.6) is 0 Å². The molecule has 0 bridgehead atoms. The highest BCUT2D eigenvalue weighted by Crippen LogP contribution is 2.31. The van der Waals surface area contributed by atoms with Gasteiger partial charge in [0.25, 0.3) is 0 Å². The minimum absolute atomic E-state index is 0. The first-order valence-corrected chi connectivity index (χ1v) is 5.01. The van der Waals surface area contributed by atoms with E-state index < -0.39 is 0 Å². The van der Waals surface area contributed by atoms with E-state index in [1.54, 1.807) is 0 Å². The fraction of sp³-hybridized carbons (Fsp3) is 0.875. The van der Waals surface area contributed by atoms with E-state index in [0.717, 1.165) is 12.3 Å². The number of hydrogen-bond acceptors (Lipinski definition) is 4. The monoisotopic (exact) mass is 225 g/mol. The average molecular weight is 226 g/mol. The topological polar surface area (TPSA) is 38.3 Å². The molecular weight excluding hydrogens is 210 g/mol. The molecule has 3 nitrogen and oxygen atoms in total. The van der Waals surface area contributed by atoms with E-state index in [1.807, 2.05) is 11.8 Å². The molecule has 5 heteroatoms. The maximum absolute atomic E-state index is 11.3. The second-order valence-electron chi connectivity index (χ2n) is 3.36. The quantitative estimate of drug-likeness (QED) is 0.678. The third kappa shape index (κ3) is 3.04. The minimum Gasteiger partial charge on any atom is -0.468 e. The average Bonchev–Trinajstić information content (AvgIpc) is 2.02. The van der Waals surface area contributed by atoms with Crippen LogP contribution in [-0.4, -0.2) is 36.2 Å². The first-order valence-electron chi connectivity index (χ1n) is 4.03. The van der Waals surface area contributed by atoms with Gasteiger partial charge in [-0.25, -0.2) is 0 Å². The molecule has 1 rings (SSSR count). The fourth-order valence-corrected chi connectivity index (χ4v) is 2.42. The lowest BCUT2D eigenvalue weighted by atomic mass is 10.0. The Morgan fingerprint density at radius 3 is 2.69 bits per heavy atom. The molecule has 0 saturated carbocycles. The molecule has 1 fully saturated rings. The van der Waals surface area contributed by atoms with Crippen molar-refractivity contribution >= 4 is 30.1 Å². The largest absolute Gasteiger partial charge is 0.468 e. The predicted octanol–water partition coefficient (Wildman–Crippen LogP) is 1.06. The molecule has 1 heterocycles. The summed E-state index contributed by atoms with van der Waals surface area (Å²) < 4.78 is 4.66. The summed E-state index contributed by atoms with van der Waals surface area (Å²) in [6, 6.07) is -0.166. The van der Waals surface area contributed by atoms with E-state index in [9.17, 15) is 4.79 Å². The molecule has 78 valence electrons. The summed E-state index contributed by atoms with van der Waals surface area (Å²) in [4.78, 5) is 11.3. The van der Waals surface area contributed by atoms with Crippen LogP contribution in [0.4, 0.5) is 0 Å². The highest BCUT2D eigenvalue weighted by Gasteiger charge is 2.38. The lowest BCUT2D eigenvalue weighted by Gasteiger charge is -2.36. The van der Waals surface area contributed by atoms with E-state index in [-0.39, 0.29) is 29.2 Å². The third-order valence-corrected chi connectivity index (χ3v) is 3.44. The lowest BCUT2D eigenvalue weighted by Crippen LogP contribution is -2.54. The van der Waals surface area contributed by atoms with Gasteiger partial charge in [-0.2, -0.15) is 11.8 Å². The molecule has 1 N–H and O–H groups in total. The zero-order valence-corrected chi connectivity index (χ0v) is 9.76. The Morgan fingerprint density at radius 2 is 2.23 bits per heavy atom. The zero-order valence-electron chi connectivity index (χ0n) is 8.12. The number of nitrogens with one attached hydrogen (secondary N) is 1. The van der Waals surface area contributed by atoms with E-state index in [1.165, 1.54) is 7.11 Å². The molecule has 0 aromatic rings. The van der Waals surface area contributed by atoms with Gasteiger partial charge in [-0.3, -0.25) is 4.79 Å². The number of methoxy groups -OCH3 is 1. The Labute approximate surface area is 89.4 Å². The summed E-state index contributed by atoms with van der Waals surface area (Å²) >= 11 is 1.81.